The minimum absolute atomic E-state index is 0.0336. The Morgan fingerprint density at radius 3 is 2.21 bits per heavy atom. The first kappa shape index (κ1) is 27.8. The van der Waals surface area contributed by atoms with Crippen LogP contribution in [0.1, 0.15) is 47.8 Å². The van der Waals surface area contributed by atoms with Crippen LogP contribution < -0.4 is 11.4 Å². The van der Waals surface area contributed by atoms with Crippen molar-refractivity contribution in [3.63, 3.8) is 0 Å². The number of aromatic nitrogens is 2. The van der Waals surface area contributed by atoms with Crippen molar-refractivity contribution in [3.8, 4) is 12.3 Å². The molecule has 0 bridgehead atoms. The summed E-state index contributed by atoms with van der Waals surface area (Å²) in [4.78, 5) is 16.5. The predicted octanol–water partition coefficient (Wildman–Crippen LogP) is 3.50. The van der Waals surface area contributed by atoms with Gasteiger partial charge in [-0.1, -0.05) is 47.5 Å². The van der Waals surface area contributed by atoms with E-state index in [0.29, 0.717) is 0 Å². The summed E-state index contributed by atoms with van der Waals surface area (Å²) in [6.45, 7) is 21.1. The van der Waals surface area contributed by atoms with E-state index in [1.54, 1.807) is 0 Å². The van der Waals surface area contributed by atoms with Crippen LogP contribution in [-0.4, -0.2) is 55.7 Å². The summed E-state index contributed by atoms with van der Waals surface area (Å²) >= 11 is 0. The Kier molecular flexibility index (Phi) is 7.52. The molecule has 8 nitrogen and oxygen atoms in total. The van der Waals surface area contributed by atoms with Crippen molar-refractivity contribution in [2.45, 2.75) is 102 Å². The van der Waals surface area contributed by atoms with Gasteiger partial charge in [0.2, 0.25) is 0 Å². The lowest BCUT2D eigenvalue weighted by Crippen LogP contribution is -2.56. The van der Waals surface area contributed by atoms with Gasteiger partial charge in [0, 0.05) is 6.20 Å². The topological polar surface area (TPSA) is 109 Å². The monoisotopic (exact) mass is 495 g/mol. The predicted molar refractivity (Wildman–Crippen MR) is 136 cm³/mol. The van der Waals surface area contributed by atoms with Crippen LogP contribution in [0.25, 0.3) is 0 Å². The Balaban J connectivity index is 2.53. The van der Waals surface area contributed by atoms with Gasteiger partial charge in [0.25, 0.3) is 0 Å². The van der Waals surface area contributed by atoms with Crippen molar-refractivity contribution in [1.82, 2.24) is 9.55 Å². The van der Waals surface area contributed by atoms with Gasteiger partial charge in [-0.15, -0.1) is 6.42 Å². The van der Waals surface area contributed by atoms with Crippen molar-refractivity contribution < 1.29 is 18.7 Å². The van der Waals surface area contributed by atoms with E-state index < -0.39 is 46.4 Å². The number of hydrogen-bond acceptors (Lipinski definition) is 7. The Morgan fingerprint density at radius 1 is 1.21 bits per heavy atom. The first-order valence-electron chi connectivity index (χ1n) is 11.3. The van der Waals surface area contributed by atoms with Gasteiger partial charge in [-0.25, -0.2) is 4.79 Å². The lowest BCUT2D eigenvalue weighted by molar-refractivity contribution is -0.0597. The summed E-state index contributed by atoms with van der Waals surface area (Å²) in [5.41, 5.74) is 3.27. The number of terminal acetylenes is 1. The van der Waals surface area contributed by atoms with Gasteiger partial charge >= 0.3 is 5.69 Å². The first-order chi connectivity index (χ1) is 14.8. The van der Waals surface area contributed by atoms with Gasteiger partial charge in [-0.3, -0.25) is 4.57 Å². The molecule has 2 heterocycles. The van der Waals surface area contributed by atoms with E-state index in [-0.39, 0.29) is 22.5 Å². The second-order valence-electron chi connectivity index (χ2n) is 11.9. The van der Waals surface area contributed by atoms with E-state index in [2.05, 4.69) is 78.6 Å². The van der Waals surface area contributed by atoms with Crippen LogP contribution in [0.5, 0.6) is 0 Å². The molecule has 1 saturated heterocycles. The molecule has 0 aliphatic carbocycles. The van der Waals surface area contributed by atoms with Gasteiger partial charge in [-0.05, 0) is 42.3 Å². The molecule has 3 N–H and O–H groups in total. The van der Waals surface area contributed by atoms with E-state index in [1.165, 1.54) is 16.8 Å². The van der Waals surface area contributed by atoms with E-state index in [1.807, 2.05) is 0 Å². The van der Waals surface area contributed by atoms with E-state index in [4.69, 9.17) is 25.7 Å². The summed E-state index contributed by atoms with van der Waals surface area (Å²) in [5.74, 6) is 2.62. The van der Waals surface area contributed by atoms with Crippen LogP contribution in [0.15, 0.2) is 17.1 Å². The standard InChI is InChI=1S/C23H41N3O5Si2/c1-12-23(28)16(15-29-32(8,9)21(2,3)4)30-19(26-14-13-17(24)25-20(26)27)18(23)31-33(10,11)22(5,6)7/h1,13-14,16,18-19,28H,15H2,2-11H3,(H2,24,25,27)/t16-,18+,19-,23-/m1/s1. The fourth-order valence-electron chi connectivity index (χ4n) is 3.06. The molecule has 186 valence electrons. The molecule has 1 aliphatic heterocycles. The molecule has 0 unspecified atom stereocenters. The fourth-order valence-corrected chi connectivity index (χ4v) is 5.34. The van der Waals surface area contributed by atoms with Crippen LogP contribution in [0.3, 0.4) is 0 Å². The van der Waals surface area contributed by atoms with Crippen molar-refractivity contribution in [2.24, 2.45) is 0 Å². The fraction of sp³-hybridized carbons (Fsp3) is 0.739. The summed E-state index contributed by atoms with van der Waals surface area (Å²) in [6, 6.07) is 1.50. The largest absolute Gasteiger partial charge is 0.414 e. The Morgan fingerprint density at radius 2 is 1.76 bits per heavy atom. The van der Waals surface area contributed by atoms with Crippen molar-refractivity contribution in [2.75, 3.05) is 12.3 Å². The van der Waals surface area contributed by atoms with E-state index in [9.17, 15) is 9.90 Å². The molecule has 0 radical (unpaired) electrons. The van der Waals surface area contributed by atoms with E-state index in [0.717, 1.165) is 0 Å². The number of nitrogen functional groups attached to an aromatic ring is 1. The van der Waals surface area contributed by atoms with Crippen molar-refractivity contribution in [1.29, 1.82) is 0 Å². The van der Waals surface area contributed by atoms with Crippen LogP contribution >= 0.6 is 0 Å². The molecule has 0 amide bonds. The zero-order valence-electron chi connectivity index (χ0n) is 21.7. The van der Waals surface area contributed by atoms with Gasteiger partial charge in [0.15, 0.2) is 28.5 Å². The molecule has 0 spiro atoms. The molecule has 2 rings (SSSR count). The number of aliphatic hydroxyl groups is 1. The molecule has 1 aromatic rings. The molecule has 33 heavy (non-hydrogen) atoms. The zero-order valence-corrected chi connectivity index (χ0v) is 23.7. The van der Waals surface area contributed by atoms with Crippen LogP contribution in [-0.2, 0) is 13.6 Å². The molecule has 0 aromatic carbocycles. The van der Waals surface area contributed by atoms with Gasteiger partial charge < -0.3 is 24.4 Å². The third-order valence-electron chi connectivity index (χ3n) is 7.47. The summed E-state index contributed by atoms with van der Waals surface area (Å²) in [6.07, 6.45) is 4.53. The molecule has 1 fully saturated rings. The summed E-state index contributed by atoms with van der Waals surface area (Å²) in [7, 11) is -4.58. The van der Waals surface area contributed by atoms with Crippen LogP contribution in [0, 0.1) is 12.3 Å². The minimum atomic E-state index is -2.43. The van der Waals surface area contributed by atoms with Crippen LogP contribution in [0.4, 0.5) is 5.82 Å². The van der Waals surface area contributed by atoms with Crippen molar-refractivity contribution in [3.05, 3.63) is 22.7 Å². The number of nitrogens with two attached hydrogens (primary N) is 1. The molecule has 0 saturated carbocycles. The Labute approximate surface area is 200 Å². The molecular weight excluding hydrogens is 454 g/mol. The average Bonchev–Trinajstić information content (AvgIpc) is 2.90. The maximum atomic E-state index is 12.7. The SMILES string of the molecule is C#C[C@@]1(O)[C@@H](CO[Si](C)(C)C(C)(C)C)O[C@@H](n2ccc(N)nc2=O)[C@@H]1O[Si](C)(C)C(C)(C)C. The second kappa shape index (κ2) is 8.94. The van der Waals surface area contributed by atoms with Gasteiger partial charge in [0.05, 0.1) is 6.61 Å². The Bertz CT molecular complexity index is 959. The maximum absolute atomic E-state index is 12.7. The average molecular weight is 496 g/mol. The van der Waals surface area contributed by atoms with Gasteiger partial charge in [0.1, 0.15) is 18.0 Å². The normalized spacial score (nSPS) is 26.9. The molecular formula is C23H41N3O5Si2. The number of nitrogens with zero attached hydrogens (tertiary/aromatic N) is 2. The minimum Gasteiger partial charge on any atom is -0.414 e. The quantitative estimate of drug-likeness (QED) is 0.459. The van der Waals surface area contributed by atoms with Crippen LogP contribution in [0.2, 0.25) is 36.3 Å². The molecule has 10 heteroatoms. The highest BCUT2D eigenvalue weighted by atomic mass is 28.4. The molecule has 1 aliphatic rings. The highest BCUT2D eigenvalue weighted by Crippen LogP contribution is 2.46. The zero-order chi connectivity index (χ0) is 25.6. The smallest absolute Gasteiger partial charge is 0.351 e. The maximum Gasteiger partial charge on any atom is 0.351 e. The van der Waals surface area contributed by atoms with Crippen molar-refractivity contribution >= 4 is 22.5 Å². The highest BCUT2D eigenvalue weighted by Gasteiger charge is 2.59. The first-order valence-corrected chi connectivity index (χ1v) is 17.1. The molecule has 1 aromatic heterocycles. The number of ether oxygens (including phenoxy) is 1. The van der Waals surface area contributed by atoms with Gasteiger partial charge in [-0.2, -0.15) is 4.98 Å². The lowest BCUT2D eigenvalue weighted by Gasteiger charge is -2.42. The number of anilines is 1. The summed E-state index contributed by atoms with van der Waals surface area (Å²) in [5, 5.41) is 11.5. The molecule has 4 atom stereocenters. The highest BCUT2D eigenvalue weighted by molar-refractivity contribution is 6.74. The number of rotatable bonds is 6. The summed E-state index contributed by atoms with van der Waals surface area (Å²) < 4.78 is 20.5. The Hall–Kier alpha value is -1.49. The lowest BCUT2D eigenvalue weighted by atomic mass is 9.93. The second-order valence-corrected chi connectivity index (χ2v) is 21.5. The third kappa shape index (κ3) is 5.44. The third-order valence-corrected chi connectivity index (χ3v) is 16.4. The number of hydrogen-bond donors (Lipinski definition) is 2. The van der Waals surface area contributed by atoms with E-state index >= 15 is 0 Å².